The zero-order valence-electron chi connectivity index (χ0n) is 53.0. The minimum Gasteiger partial charge on any atom is -0.378 e. The third-order valence-electron chi connectivity index (χ3n) is 16.8. The molecule has 5 aliphatic heterocycles. The van der Waals surface area contributed by atoms with Crippen molar-refractivity contribution < 1.29 is 4.74 Å². The Morgan fingerprint density at radius 2 is 0.647 bits per heavy atom. The number of morpholine rings is 1. The first-order chi connectivity index (χ1) is 41.6. The fraction of sp³-hybridized carbons (Fsp3) is 0.493. The molecule has 0 atom stereocenters. The summed E-state index contributed by atoms with van der Waals surface area (Å²) >= 11 is 5.62. The number of nitrogens with zero attached hydrogens (tertiary/aromatic N) is 7. The second-order valence-corrected chi connectivity index (χ2v) is 26.9. The van der Waals surface area contributed by atoms with Crippen molar-refractivity contribution in [1.29, 1.82) is 0 Å². The first kappa shape index (κ1) is 64.0. The number of likely N-dealkylation sites (N-methyl/N-ethyl adjacent to an activating group) is 1. The molecule has 5 heterocycles. The second kappa shape index (κ2) is 32.5. The standard InChI is InChI=1S/C25H36N4S.C24H33N3OS.C22H31N3S/c1-4-6-12-28(13-7-5-2)20-8-10-24-22(18-20)26-23-19-21(9-11-25(23)30-24)29-16-14-27(3)15-17-29;1-3-5-11-26(12-6-4-2)19-7-9-23-21(17-19)25-22-18-20(8-10-24(22)29-23)27-13-15-28-16-14-27;1-5-7-13-25(14-8-6-2)18-10-12-22-20(16-18)23-19-15-17(24(3)4)9-11-21(19)26-22/h8-11,18-19,26H,4-7,12-17H2,1-3H3;7-10,17-18,25H,3-6,11-16H2,1-2H3;9-12,15-16,23H,5-8,13-14H2,1-4H3. The first-order valence-corrected chi connectivity index (χ1v) is 34.9. The summed E-state index contributed by atoms with van der Waals surface area (Å²) in [6.45, 7) is 28.5. The number of ether oxygens (including phenoxy) is 1. The van der Waals surface area contributed by atoms with Crippen LogP contribution in [-0.2, 0) is 4.74 Å². The maximum Gasteiger partial charge on any atom is 0.0642 e. The fourth-order valence-electron chi connectivity index (χ4n) is 11.4. The molecule has 11 nitrogen and oxygen atoms in total. The molecule has 0 bridgehead atoms. The Hall–Kier alpha value is -5.51. The molecule has 0 radical (unpaired) electrons. The van der Waals surface area contributed by atoms with Crippen LogP contribution in [0.25, 0.3) is 0 Å². The van der Waals surface area contributed by atoms with E-state index in [1.165, 1.54) is 175 Å². The van der Waals surface area contributed by atoms with Crippen molar-refractivity contribution in [2.24, 2.45) is 0 Å². The van der Waals surface area contributed by atoms with E-state index in [0.29, 0.717) is 0 Å². The molecule has 0 aromatic heterocycles. The topological polar surface area (TPSA) is 68.0 Å². The molecule has 0 amide bonds. The fourth-order valence-corrected chi connectivity index (χ4v) is 14.2. The van der Waals surface area contributed by atoms with Gasteiger partial charge in [-0.3, -0.25) is 0 Å². The Bertz CT molecular complexity index is 3030. The van der Waals surface area contributed by atoms with Gasteiger partial charge in [-0.15, -0.1) is 0 Å². The Labute approximate surface area is 525 Å². The summed E-state index contributed by atoms with van der Waals surface area (Å²) in [6, 6.07) is 41.1. The van der Waals surface area contributed by atoms with E-state index in [-0.39, 0.29) is 0 Å². The summed E-state index contributed by atoms with van der Waals surface area (Å²) in [5.41, 5.74) is 15.3. The van der Waals surface area contributed by atoms with Crippen molar-refractivity contribution >= 4 is 104 Å². The molecule has 458 valence electrons. The Morgan fingerprint density at radius 3 is 0.965 bits per heavy atom. The molecule has 6 aromatic carbocycles. The highest BCUT2D eigenvalue weighted by atomic mass is 32.2. The molecule has 0 saturated carbocycles. The van der Waals surface area contributed by atoms with E-state index in [1.807, 2.05) is 35.3 Å². The zero-order chi connectivity index (χ0) is 59.5. The lowest BCUT2D eigenvalue weighted by atomic mass is 10.2. The van der Waals surface area contributed by atoms with E-state index in [0.717, 1.165) is 91.8 Å². The van der Waals surface area contributed by atoms with Gasteiger partial charge in [0.15, 0.2) is 0 Å². The number of piperazine rings is 1. The number of benzene rings is 6. The number of unbranched alkanes of at least 4 members (excludes halogenated alkanes) is 6. The van der Waals surface area contributed by atoms with Crippen LogP contribution in [0.2, 0.25) is 0 Å². The third kappa shape index (κ3) is 17.4. The highest BCUT2D eigenvalue weighted by Crippen LogP contribution is 2.49. The van der Waals surface area contributed by atoms with Crippen molar-refractivity contribution in [2.45, 2.75) is 148 Å². The van der Waals surface area contributed by atoms with Crippen molar-refractivity contribution in [3.63, 3.8) is 0 Å². The Balaban J connectivity index is 0.000000153. The number of hydrogen-bond acceptors (Lipinski definition) is 14. The van der Waals surface area contributed by atoms with Gasteiger partial charge in [0.1, 0.15) is 0 Å². The number of hydrogen-bond donors (Lipinski definition) is 3. The lowest BCUT2D eigenvalue weighted by Crippen LogP contribution is -2.44. The molecule has 0 aliphatic carbocycles. The molecule has 2 fully saturated rings. The summed E-state index contributed by atoms with van der Waals surface area (Å²) in [5, 5.41) is 11.1. The number of anilines is 12. The molecule has 5 aliphatic rings. The molecular formula is C71H100N10OS3. The smallest absolute Gasteiger partial charge is 0.0642 e. The van der Waals surface area contributed by atoms with Crippen molar-refractivity contribution in [3.8, 4) is 0 Å². The van der Waals surface area contributed by atoms with Crippen LogP contribution in [0.4, 0.5) is 68.2 Å². The van der Waals surface area contributed by atoms with Crippen molar-refractivity contribution in [3.05, 3.63) is 109 Å². The third-order valence-corrected chi connectivity index (χ3v) is 20.2. The highest BCUT2D eigenvalue weighted by molar-refractivity contribution is 8.00. The lowest BCUT2D eigenvalue weighted by Gasteiger charge is -2.34. The van der Waals surface area contributed by atoms with Gasteiger partial charge in [-0.25, -0.2) is 0 Å². The van der Waals surface area contributed by atoms with E-state index < -0.39 is 0 Å². The minimum absolute atomic E-state index is 0.816. The summed E-state index contributed by atoms with van der Waals surface area (Å²) in [6.07, 6.45) is 14.9. The van der Waals surface area contributed by atoms with E-state index >= 15 is 0 Å². The zero-order valence-corrected chi connectivity index (χ0v) is 55.5. The molecule has 3 N–H and O–H groups in total. The van der Waals surface area contributed by atoms with Gasteiger partial charge in [-0.05, 0) is 155 Å². The van der Waals surface area contributed by atoms with Gasteiger partial charge in [0, 0.05) is 156 Å². The quantitative estimate of drug-likeness (QED) is 0.0538. The summed E-state index contributed by atoms with van der Waals surface area (Å²) in [4.78, 5) is 25.0. The second-order valence-electron chi connectivity index (χ2n) is 23.6. The van der Waals surface area contributed by atoms with Crippen LogP contribution >= 0.6 is 35.3 Å². The average molecular weight is 1210 g/mol. The minimum atomic E-state index is 0.816. The van der Waals surface area contributed by atoms with Crippen LogP contribution in [0.15, 0.2) is 139 Å². The maximum atomic E-state index is 5.51. The van der Waals surface area contributed by atoms with Crippen molar-refractivity contribution in [2.75, 3.05) is 158 Å². The largest absolute Gasteiger partial charge is 0.378 e. The molecule has 2 saturated heterocycles. The molecular weight excluding hydrogens is 1110 g/mol. The molecule has 0 spiro atoms. The Kier molecular flexibility index (Phi) is 24.4. The van der Waals surface area contributed by atoms with Gasteiger partial charge in [-0.2, -0.15) is 0 Å². The monoisotopic (exact) mass is 1200 g/mol. The van der Waals surface area contributed by atoms with Gasteiger partial charge in [0.2, 0.25) is 0 Å². The van der Waals surface area contributed by atoms with E-state index in [4.69, 9.17) is 4.74 Å². The molecule has 14 heteroatoms. The predicted octanol–water partition coefficient (Wildman–Crippen LogP) is 18.6. The maximum absolute atomic E-state index is 5.51. The predicted molar refractivity (Wildman–Crippen MR) is 374 cm³/mol. The van der Waals surface area contributed by atoms with Crippen LogP contribution in [0.1, 0.15) is 119 Å². The molecule has 6 aromatic rings. The van der Waals surface area contributed by atoms with Crippen LogP contribution in [0.3, 0.4) is 0 Å². The lowest BCUT2D eigenvalue weighted by molar-refractivity contribution is 0.122. The normalized spacial score (nSPS) is 14.6. The van der Waals surface area contributed by atoms with Gasteiger partial charge < -0.3 is 55.0 Å². The highest BCUT2D eigenvalue weighted by Gasteiger charge is 2.24. The summed E-state index contributed by atoms with van der Waals surface area (Å²) in [7, 11) is 6.38. The van der Waals surface area contributed by atoms with Gasteiger partial charge in [0.25, 0.3) is 0 Å². The number of fused-ring (bicyclic) bond motifs is 6. The van der Waals surface area contributed by atoms with Crippen LogP contribution in [0.5, 0.6) is 0 Å². The number of rotatable bonds is 24. The number of nitrogens with one attached hydrogen (secondary N) is 3. The van der Waals surface area contributed by atoms with Crippen LogP contribution < -0.4 is 45.3 Å². The summed E-state index contributed by atoms with van der Waals surface area (Å²) in [5.74, 6) is 0. The SMILES string of the molecule is CCCCN(CCCC)c1ccc2c(c1)Nc1cc(N(C)C)ccc1S2.CCCCN(CCCC)c1ccc2c(c1)Nc1cc(N3CCN(C)CC3)ccc1S2.CCCCN(CCCC)c1ccc2c(c1)Nc1cc(N3CCOCC3)ccc1S2. The molecule has 85 heavy (non-hydrogen) atoms. The van der Waals surface area contributed by atoms with E-state index in [9.17, 15) is 0 Å². The molecule has 11 rings (SSSR count). The van der Waals surface area contributed by atoms with Crippen molar-refractivity contribution in [1.82, 2.24) is 4.90 Å². The van der Waals surface area contributed by atoms with E-state index in [1.54, 1.807) is 0 Å². The van der Waals surface area contributed by atoms with Gasteiger partial charge in [0.05, 0.1) is 47.3 Å². The van der Waals surface area contributed by atoms with Gasteiger partial charge in [-0.1, -0.05) is 115 Å². The average Bonchev–Trinajstić information content (AvgIpc) is 2.43. The molecule has 0 unspecified atom stereocenters. The summed E-state index contributed by atoms with van der Waals surface area (Å²) < 4.78 is 5.51. The van der Waals surface area contributed by atoms with E-state index in [2.05, 4.69) is 222 Å². The Morgan fingerprint density at radius 1 is 0.365 bits per heavy atom. The first-order valence-electron chi connectivity index (χ1n) is 32.5. The van der Waals surface area contributed by atoms with Crippen LogP contribution in [0, 0.1) is 0 Å². The van der Waals surface area contributed by atoms with Crippen LogP contribution in [-0.4, -0.2) is 118 Å². The van der Waals surface area contributed by atoms with Gasteiger partial charge >= 0.3 is 0 Å².